The zero-order valence-electron chi connectivity index (χ0n) is 11.1. The minimum atomic E-state index is -3.03. The van der Waals surface area contributed by atoms with Crippen molar-refractivity contribution in [2.45, 2.75) is 25.8 Å². The summed E-state index contributed by atoms with van der Waals surface area (Å²) >= 11 is 12.0. The van der Waals surface area contributed by atoms with E-state index in [1.54, 1.807) is 12.1 Å². The summed E-state index contributed by atoms with van der Waals surface area (Å²) in [6.07, 6.45) is 2.77. The Labute approximate surface area is 125 Å². The first-order valence-corrected chi connectivity index (χ1v) is 8.98. The molecule has 108 valence electrons. The standard InChI is InChI=1S/C13H19Cl2NO2S/c1-3-6-16-12(9-19(2,17)18)7-10-4-5-11(14)8-13(10)15/h4-5,8,12,16H,3,6-7,9H2,1-2H3. The van der Waals surface area contributed by atoms with Gasteiger partial charge in [-0.15, -0.1) is 0 Å². The van der Waals surface area contributed by atoms with E-state index in [-0.39, 0.29) is 11.8 Å². The first-order chi connectivity index (χ1) is 8.81. The number of rotatable bonds is 7. The molecular formula is C13H19Cl2NO2S. The van der Waals surface area contributed by atoms with Crippen molar-refractivity contribution in [3.8, 4) is 0 Å². The maximum atomic E-state index is 11.4. The molecule has 19 heavy (non-hydrogen) atoms. The van der Waals surface area contributed by atoms with E-state index in [0.29, 0.717) is 16.5 Å². The zero-order chi connectivity index (χ0) is 14.5. The van der Waals surface area contributed by atoms with Crippen molar-refractivity contribution in [1.29, 1.82) is 0 Å². The van der Waals surface area contributed by atoms with E-state index in [9.17, 15) is 8.42 Å². The molecule has 1 unspecified atom stereocenters. The Morgan fingerprint density at radius 3 is 2.53 bits per heavy atom. The average Bonchev–Trinajstić information content (AvgIpc) is 2.27. The topological polar surface area (TPSA) is 46.2 Å². The van der Waals surface area contributed by atoms with Gasteiger partial charge in [0.2, 0.25) is 0 Å². The fraction of sp³-hybridized carbons (Fsp3) is 0.538. The second kappa shape index (κ2) is 7.48. The van der Waals surface area contributed by atoms with E-state index in [1.807, 2.05) is 13.0 Å². The first-order valence-electron chi connectivity index (χ1n) is 6.17. The Kier molecular flexibility index (Phi) is 6.60. The van der Waals surface area contributed by atoms with Crippen LogP contribution in [0, 0.1) is 0 Å². The predicted molar refractivity (Wildman–Crippen MR) is 82.0 cm³/mol. The van der Waals surface area contributed by atoms with Gasteiger partial charge in [-0.3, -0.25) is 0 Å². The predicted octanol–water partition coefficient (Wildman–Crippen LogP) is 2.95. The van der Waals surface area contributed by atoms with Crippen molar-refractivity contribution in [1.82, 2.24) is 5.32 Å². The number of hydrogen-bond acceptors (Lipinski definition) is 3. The van der Waals surface area contributed by atoms with Gasteiger partial charge in [0.05, 0.1) is 5.75 Å². The summed E-state index contributed by atoms with van der Waals surface area (Å²) in [5, 5.41) is 4.40. The molecule has 1 aromatic rings. The zero-order valence-corrected chi connectivity index (χ0v) is 13.4. The van der Waals surface area contributed by atoms with Gasteiger partial charge in [-0.25, -0.2) is 8.42 Å². The lowest BCUT2D eigenvalue weighted by molar-refractivity contribution is 0.530. The van der Waals surface area contributed by atoms with Crippen molar-refractivity contribution in [2.75, 3.05) is 18.6 Å². The fourth-order valence-corrected chi connectivity index (χ4v) is 3.31. The SMILES string of the molecule is CCCNC(Cc1ccc(Cl)cc1Cl)CS(C)(=O)=O. The molecule has 0 bridgehead atoms. The highest BCUT2D eigenvalue weighted by Crippen LogP contribution is 2.22. The third-order valence-electron chi connectivity index (χ3n) is 2.67. The lowest BCUT2D eigenvalue weighted by Gasteiger charge is -2.18. The summed E-state index contributed by atoms with van der Waals surface area (Å²) in [5.74, 6) is 0.103. The van der Waals surface area contributed by atoms with E-state index in [4.69, 9.17) is 23.2 Å². The molecule has 1 N–H and O–H groups in total. The van der Waals surface area contributed by atoms with E-state index >= 15 is 0 Å². The highest BCUT2D eigenvalue weighted by molar-refractivity contribution is 7.90. The third kappa shape index (κ3) is 6.61. The summed E-state index contributed by atoms with van der Waals surface area (Å²) in [4.78, 5) is 0. The van der Waals surface area contributed by atoms with Gasteiger partial charge in [0.1, 0.15) is 9.84 Å². The first kappa shape index (κ1) is 16.8. The van der Waals surface area contributed by atoms with Crippen LogP contribution in [-0.2, 0) is 16.3 Å². The second-order valence-corrected chi connectivity index (χ2v) is 7.71. The van der Waals surface area contributed by atoms with Crippen LogP contribution in [0.25, 0.3) is 0 Å². The molecule has 0 fully saturated rings. The van der Waals surface area contributed by atoms with Gasteiger partial charge in [0.25, 0.3) is 0 Å². The van der Waals surface area contributed by atoms with Crippen LogP contribution in [0.4, 0.5) is 0 Å². The molecule has 0 heterocycles. The molecule has 1 aromatic carbocycles. The molecule has 0 aliphatic rings. The minimum absolute atomic E-state index is 0.103. The van der Waals surface area contributed by atoms with Gasteiger partial charge < -0.3 is 5.32 Å². The number of benzene rings is 1. The summed E-state index contributed by atoms with van der Waals surface area (Å²) in [6.45, 7) is 2.82. The van der Waals surface area contributed by atoms with Crippen LogP contribution in [0.15, 0.2) is 18.2 Å². The molecule has 0 radical (unpaired) electrons. The molecule has 0 saturated carbocycles. The van der Waals surface area contributed by atoms with Gasteiger partial charge in [-0.1, -0.05) is 36.2 Å². The van der Waals surface area contributed by atoms with Gasteiger partial charge in [-0.2, -0.15) is 0 Å². The van der Waals surface area contributed by atoms with Gasteiger partial charge in [-0.05, 0) is 37.1 Å². The van der Waals surface area contributed by atoms with Crippen LogP contribution in [-0.4, -0.2) is 33.0 Å². The second-order valence-electron chi connectivity index (χ2n) is 4.68. The fourth-order valence-electron chi connectivity index (χ4n) is 1.86. The van der Waals surface area contributed by atoms with Crippen molar-refractivity contribution in [3.63, 3.8) is 0 Å². The van der Waals surface area contributed by atoms with Gasteiger partial charge in [0.15, 0.2) is 0 Å². The summed E-state index contributed by atoms with van der Waals surface area (Å²) in [7, 11) is -3.03. The normalized spacial score (nSPS) is 13.5. The highest BCUT2D eigenvalue weighted by Gasteiger charge is 2.16. The van der Waals surface area contributed by atoms with Gasteiger partial charge in [0, 0.05) is 22.3 Å². The maximum absolute atomic E-state index is 11.4. The van der Waals surface area contributed by atoms with Crippen molar-refractivity contribution < 1.29 is 8.42 Å². The highest BCUT2D eigenvalue weighted by atomic mass is 35.5. The average molecular weight is 324 g/mol. The molecule has 3 nitrogen and oxygen atoms in total. The smallest absolute Gasteiger partial charge is 0.148 e. The Morgan fingerprint density at radius 1 is 1.32 bits per heavy atom. The quantitative estimate of drug-likeness (QED) is 0.839. The summed E-state index contributed by atoms with van der Waals surface area (Å²) in [5.41, 5.74) is 0.906. The largest absolute Gasteiger partial charge is 0.313 e. The van der Waals surface area contributed by atoms with Crippen LogP contribution in [0.2, 0.25) is 10.0 Å². The monoisotopic (exact) mass is 323 g/mol. The number of nitrogens with one attached hydrogen (secondary N) is 1. The number of hydrogen-bond donors (Lipinski definition) is 1. The lowest BCUT2D eigenvalue weighted by atomic mass is 10.1. The van der Waals surface area contributed by atoms with Crippen molar-refractivity contribution >= 4 is 33.0 Å². The van der Waals surface area contributed by atoms with Crippen LogP contribution < -0.4 is 5.32 Å². The van der Waals surface area contributed by atoms with E-state index < -0.39 is 9.84 Å². The van der Waals surface area contributed by atoms with Gasteiger partial charge >= 0.3 is 0 Å². The summed E-state index contributed by atoms with van der Waals surface area (Å²) < 4.78 is 22.9. The van der Waals surface area contributed by atoms with Crippen LogP contribution >= 0.6 is 23.2 Å². The van der Waals surface area contributed by atoms with Crippen LogP contribution in [0.3, 0.4) is 0 Å². The van der Waals surface area contributed by atoms with Crippen molar-refractivity contribution in [2.24, 2.45) is 0 Å². The third-order valence-corrected chi connectivity index (χ3v) is 4.26. The lowest BCUT2D eigenvalue weighted by Crippen LogP contribution is -2.37. The Morgan fingerprint density at radius 2 is 2.00 bits per heavy atom. The van der Waals surface area contributed by atoms with Crippen LogP contribution in [0.1, 0.15) is 18.9 Å². The van der Waals surface area contributed by atoms with E-state index in [1.165, 1.54) is 6.26 Å². The molecule has 0 aromatic heterocycles. The maximum Gasteiger partial charge on any atom is 0.148 e. The molecule has 0 saturated heterocycles. The van der Waals surface area contributed by atoms with Crippen molar-refractivity contribution in [3.05, 3.63) is 33.8 Å². The Hall–Kier alpha value is -0.290. The minimum Gasteiger partial charge on any atom is -0.313 e. The van der Waals surface area contributed by atoms with E-state index in [0.717, 1.165) is 18.5 Å². The molecule has 0 amide bonds. The number of sulfone groups is 1. The molecule has 1 atom stereocenters. The Balaban J connectivity index is 2.81. The van der Waals surface area contributed by atoms with Crippen LogP contribution in [0.5, 0.6) is 0 Å². The molecule has 0 spiro atoms. The molecule has 6 heteroatoms. The molecular weight excluding hydrogens is 305 g/mol. The molecule has 0 aliphatic carbocycles. The molecule has 1 rings (SSSR count). The van der Waals surface area contributed by atoms with E-state index in [2.05, 4.69) is 5.32 Å². The number of halogens is 2. The molecule has 0 aliphatic heterocycles. The Bertz CT molecular complexity index is 517. The summed E-state index contributed by atoms with van der Waals surface area (Å²) in [6, 6.07) is 5.15.